The van der Waals surface area contributed by atoms with Gasteiger partial charge in [0.2, 0.25) is 0 Å². The fourth-order valence-corrected chi connectivity index (χ4v) is 8.75. The van der Waals surface area contributed by atoms with Crippen LogP contribution in [0.1, 0.15) is 0 Å². The van der Waals surface area contributed by atoms with Gasteiger partial charge in [0.25, 0.3) is 0 Å². The van der Waals surface area contributed by atoms with Crippen LogP contribution in [0.15, 0.2) is 146 Å². The van der Waals surface area contributed by atoms with E-state index in [0.29, 0.717) is 0 Å². The molecule has 2 aromatic heterocycles. The molecular weight excluding hydrogens is 597 g/mol. The van der Waals surface area contributed by atoms with Crippen molar-refractivity contribution in [2.45, 2.75) is 0 Å². The van der Waals surface area contributed by atoms with E-state index < -0.39 is 0 Å². The SMILES string of the molecule is c1ccc(-c2cccc(N(c3cccc4sc5ccccc5c34)c3ccc4c5c3c3cccc6c3n5-c3c(cccc3O4)O6)c2)cc1. The zero-order valence-corrected chi connectivity index (χ0v) is 25.8. The molecule has 0 saturated carbocycles. The Balaban J connectivity index is 1.28. The average molecular weight is 621 g/mol. The molecule has 0 N–H and O–H groups in total. The Labute approximate surface area is 273 Å². The van der Waals surface area contributed by atoms with Crippen molar-refractivity contribution in [2.24, 2.45) is 0 Å². The molecule has 220 valence electrons. The molecule has 0 atom stereocenters. The number of hydrogen-bond donors (Lipinski definition) is 0. The fourth-order valence-electron chi connectivity index (χ4n) is 7.62. The Morgan fingerprint density at radius 3 is 2.02 bits per heavy atom. The Bertz CT molecular complexity index is 2740. The van der Waals surface area contributed by atoms with Crippen molar-refractivity contribution in [1.29, 1.82) is 0 Å². The summed E-state index contributed by atoms with van der Waals surface area (Å²) in [7, 11) is 0. The molecule has 47 heavy (non-hydrogen) atoms. The van der Waals surface area contributed by atoms with Gasteiger partial charge in [-0.05, 0) is 71.8 Å². The fraction of sp³-hybridized carbons (Fsp3) is 0. The van der Waals surface area contributed by atoms with Gasteiger partial charge in [-0.1, -0.05) is 84.9 Å². The zero-order valence-electron chi connectivity index (χ0n) is 25.0. The van der Waals surface area contributed by atoms with Crippen molar-refractivity contribution in [3.63, 3.8) is 0 Å². The summed E-state index contributed by atoms with van der Waals surface area (Å²) in [6, 6.07) is 51.7. The predicted octanol–water partition coefficient (Wildman–Crippen LogP) is 12.5. The van der Waals surface area contributed by atoms with Crippen molar-refractivity contribution in [3.05, 3.63) is 146 Å². The quantitative estimate of drug-likeness (QED) is 0.196. The van der Waals surface area contributed by atoms with E-state index in [1.54, 1.807) is 0 Å². The molecule has 0 spiro atoms. The molecule has 5 heteroatoms. The summed E-state index contributed by atoms with van der Waals surface area (Å²) in [6.45, 7) is 0. The van der Waals surface area contributed by atoms with Crippen LogP contribution in [-0.4, -0.2) is 4.57 Å². The molecular formula is C42H24N2O2S. The second-order valence-corrected chi connectivity index (χ2v) is 13.2. The number of aromatic nitrogens is 1. The first-order valence-electron chi connectivity index (χ1n) is 15.8. The second-order valence-electron chi connectivity index (χ2n) is 12.1. The number of fused-ring (bicyclic) bond motifs is 4. The molecule has 0 aliphatic carbocycles. The summed E-state index contributed by atoms with van der Waals surface area (Å²) in [5.74, 6) is 3.30. The monoisotopic (exact) mass is 620 g/mol. The summed E-state index contributed by atoms with van der Waals surface area (Å²) in [5, 5.41) is 4.78. The summed E-state index contributed by atoms with van der Waals surface area (Å²) in [6.07, 6.45) is 0. The van der Waals surface area contributed by atoms with Crippen LogP contribution in [0.4, 0.5) is 17.1 Å². The second kappa shape index (κ2) is 9.25. The lowest BCUT2D eigenvalue weighted by molar-refractivity contribution is 0.444. The normalized spacial score (nSPS) is 12.6. The van der Waals surface area contributed by atoms with Gasteiger partial charge in [-0.15, -0.1) is 11.3 Å². The topological polar surface area (TPSA) is 26.6 Å². The lowest BCUT2D eigenvalue weighted by Crippen LogP contribution is -2.12. The first-order valence-corrected chi connectivity index (χ1v) is 16.6. The number of benzene rings is 7. The number of anilines is 3. The van der Waals surface area contributed by atoms with E-state index in [4.69, 9.17) is 9.47 Å². The average Bonchev–Trinajstić information content (AvgIpc) is 3.69. The van der Waals surface area contributed by atoms with E-state index in [1.807, 2.05) is 29.5 Å². The summed E-state index contributed by atoms with van der Waals surface area (Å²) in [4.78, 5) is 2.45. The summed E-state index contributed by atoms with van der Waals surface area (Å²) < 4.78 is 18.0. The molecule has 0 unspecified atom stereocenters. The van der Waals surface area contributed by atoms with Gasteiger partial charge in [-0.25, -0.2) is 0 Å². The molecule has 7 aromatic carbocycles. The molecule has 4 heterocycles. The van der Waals surface area contributed by atoms with Gasteiger partial charge in [0, 0.05) is 36.6 Å². The molecule has 11 rings (SSSR count). The lowest BCUT2D eigenvalue weighted by Gasteiger charge is -2.29. The minimum Gasteiger partial charge on any atom is -0.453 e. The number of hydrogen-bond acceptors (Lipinski definition) is 4. The maximum Gasteiger partial charge on any atom is 0.155 e. The standard InChI is InChI=1S/C42H24N2O2S/c1-2-10-25(11-3-1)26-12-6-13-27(24-26)43(30-16-8-21-37-38(30)28-14-4-5-20-36(28)47-37)31-22-23-35-42-39(31)29-15-7-17-32-40(29)44(42)41-33(45-32)18-9-19-34(41)46-35/h1-24H. The maximum atomic E-state index is 6.61. The first kappa shape index (κ1) is 25.2. The molecule has 0 fully saturated rings. The van der Waals surface area contributed by atoms with Gasteiger partial charge >= 0.3 is 0 Å². The highest BCUT2D eigenvalue weighted by atomic mass is 32.1. The van der Waals surface area contributed by atoms with Crippen molar-refractivity contribution in [3.8, 4) is 39.8 Å². The van der Waals surface area contributed by atoms with E-state index in [1.165, 1.54) is 31.3 Å². The molecule has 9 aromatic rings. The minimum atomic E-state index is 0.804. The number of rotatable bonds is 4. The van der Waals surface area contributed by atoms with Crippen molar-refractivity contribution >= 4 is 70.4 Å². The minimum absolute atomic E-state index is 0.804. The van der Waals surface area contributed by atoms with Gasteiger partial charge in [-0.3, -0.25) is 4.57 Å². The zero-order chi connectivity index (χ0) is 30.6. The largest absolute Gasteiger partial charge is 0.453 e. The Kier molecular flexibility index (Phi) is 4.96. The Hall–Kier alpha value is -6.04. The van der Waals surface area contributed by atoms with Crippen molar-refractivity contribution in [2.75, 3.05) is 4.90 Å². The Morgan fingerprint density at radius 2 is 1.13 bits per heavy atom. The highest BCUT2D eigenvalue weighted by Crippen LogP contribution is 2.57. The van der Waals surface area contributed by atoms with E-state index in [0.717, 1.165) is 67.6 Å². The van der Waals surface area contributed by atoms with Gasteiger partial charge < -0.3 is 14.4 Å². The van der Waals surface area contributed by atoms with Crippen LogP contribution in [-0.2, 0) is 0 Å². The molecule has 0 bridgehead atoms. The number of para-hydroxylation sites is 2. The van der Waals surface area contributed by atoms with E-state index >= 15 is 0 Å². The molecule has 2 aliphatic rings. The highest BCUT2D eigenvalue weighted by molar-refractivity contribution is 7.26. The molecule has 0 saturated heterocycles. The molecule has 0 radical (unpaired) electrons. The van der Waals surface area contributed by atoms with Crippen LogP contribution >= 0.6 is 11.3 Å². The summed E-state index contributed by atoms with van der Waals surface area (Å²) in [5.41, 5.74) is 8.75. The van der Waals surface area contributed by atoms with Crippen LogP contribution in [0, 0.1) is 0 Å². The van der Waals surface area contributed by atoms with Crippen LogP contribution in [0.5, 0.6) is 23.0 Å². The van der Waals surface area contributed by atoms with Crippen LogP contribution in [0.3, 0.4) is 0 Å². The number of ether oxygens (including phenoxy) is 2. The van der Waals surface area contributed by atoms with Gasteiger partial charge in [0.1, 0.15) is 5.69 Å². The summed E-state index contributed by atoms with van der Waals surface area (Å²) >= 11 is 1.84. The first-order chi connectivity index (χ1) is 23.3. The Morgan fingerprint density at radius 1 is 0.468 bits per heavy atom. The molecule has 2 aliphatic heterocycles. The smallest absolute Gasteiger partial charge is 0.155 e. The van der Waals surface area contributed by atoms with E-state index in [9.17, 15) is 0 Å². The van der Waals surface area contributed by atoms with Crippen molar-refractivity contribution < 1.29 is 9.47 Å². The van der Waals surface area contributed by atoms with Gasteiger partial charge in [0.15, 0.2) is 23.0 Å². The third-order valence-electron chi connectivity index (χ3n) is 9.53. The third kappa shape index (κ3) is 3.41. The van der Waals surface area contributed by atoms with Gasteiger partial charge in [0.05, 0.1) is 22.4 Å². The van der Waals surface area contributed by atoms with E-state index in [-0.39, 0.29) is 0 Å². The predicted molar refractivity (Wildman–Crippen MR) is 194 cm³/mol. The van der Waals surface area contributed by atoms with Crippen LogP contribution in [0.2, 0.25) is 0 Å². The molecule has 4 nitrogen and oxygen atoms in total. The maximum absolute atomic E-state index is 6.61. The lowest BCUT2D eigenvalue weighted by atomic mass is 10.0. The van der Waals surface area contributed by atoms with Crippen molar-refractivity contribution in [1.82, 2.24) is 4.57 Å². The highest BCUT2D eigenvalue weighted by Gasteiger charge is 2.34. The number of nitrogens with zero attached hydrogens (tertiary/aromatic N) is 2. The molecule has 0 amide bonds. The van der Waals surface area contributed by atoms with Crippen LogP contribution < -0.4 is 14.4 Å². The third-order valence-corrected chi connectivity index (χ3v) is 10.7. The van der Waals surface area contributed by atoms with Crippen LogP contribution in [0.25, 0.3) is 58.8 Å². The van der Waals surface area contributed by atoms with Gasteiger partial charge in [-0.2, -0.15) is 0 Å². The number of thiophene rings is 1. The van der Waals surface area contributed by atoms with E-state index in [2.05, 4.69) is 137 Å².